The zero-order valence-electron chi connectivity index (χ0n) is 17.6. The van der Waals surface area contributed by atoms with Crippen molar-refractivity contribution in [3.63, 3.8) is 0 Å². The number of pyridine rings is 3. The maximum Gasteiger partial charge on any atom is 0.245 e. The summed E-state index contributed by atoms with van der Waals surface area (Å²) in [6.07, 6.45) is 11.0. The van der Waals surface area contributed by atoms with Crippen LogP contribution in [0.15, 0.2) is 73.7 Å². The van der Waals surface area contributed by atoms with Gasteiger partial charge in [0, 0.05) is 53.2 Å². The molecule has 5 heterocycles. The fourth-order valence-electron chi connectivity index (χ4n) is 3.64. The second-order valence-corrected chi connectivity index (χ2v) is 7.42. The largest absolute Gasteiger partial charge is 0.323 e. The average Bonchev–Trinajstić information content (AvgIpc) is 3.22. The van der Waals surface area contributed by atoms with E-state index in [2.05, 4.69) is 30.2 Å². The number of fused-ring (bicyclic) bond motifs is 1. The van der Waals surface area contributed by atoms with E-state index in [4.69, 9.17) is 0 Å². The van der Waals surface area contributed by atoms with Gasteiger partial charge in [-0.15, -0.1) is 0 Å². The number of anilines is 1. The molecule has 0 aliphatic heterocycles. The van der Waals surface area contributed by atoms with E-state index < -0.39 is 5.82 Å². The zero-order valence-corrected chi connectivity index (χ0v) is 17.6. The monoisotopic (exact) mass is 439 g/mol. The van der Waals surface area contributed by atoms with Gasteiger partial charge in [0.15, 0.2) is 0 Å². The van der Waals surface area contributed by atoms with Gasteiger partial charge < -0.3 is 9.88 Å². The van der Waals surface area contributed by atoms with Crippen LogP contribution in [0.5, 0.6) is 0 Å². The lowest BCUT2D eigenvalue weighted by atomic mass is 10.0. The van der Waals surface area contributed by atoms with Crippen molar-refractivity contribution in [3.05, 3.63) is 85.2 Å². The Kier molecular flexibility index (Phi) is 5.27. The number of nitrogens with zero attached hydrogens (tertiary/aromatic N) is 6. The summed E-state index contributed by atoms with van der Waals surface area (Å²) in [5.41, 5.74) is 3.94. The van der Waals surface area contributed by atoms with Crippen molar-refractivity contribution in [1.29, 1.82) is 0 Å². The van der Waals surface area contributed by atoms with Crippen molar-refractivity contribution in [2.24, 2.45) is 0 Å². The van der Waals surface area contributed by atoms with E-state index in [1.165, 1.54) is 6.20 Å². The second-order valence-electron chi connectivity index (χ2n) is 7.42. The number of hydrogen-bond donors (Lipinski definition) is 1. The van der Waals surface area contributed by atoms with Crippen molar-refractivity contribution in [2.45, 2.75) is 13.5 Å². The number of amides is 1. The molecule has 5 rings (SSSR count). The summed E-state index contributed by atoms with van der Waals surface area (Å²) in [7, 11) is 0. The summed E-state index contributed by atoms with van der Waals surface area (Å²) in [4.78, 5) is 33.6. The third-order valence-corrected chi connectivity index (χ3v) is 5.13. The molecule has 0 saturated carbocycles. The highest BCUT2D eigenvalue weighted by Crippen LogP contribution is 2.31. The number of rotatable bonds is 5. The van der Waals surface area contributed by atoms with Gasteiger partial charge in [-0.25, -0.2) is 14.4 Å². The van der Waals surface area contributed by atoms with E-state index in [-0.39, 0.29) is 12.5 Å². The third kappa shape index (κ3) is 4.16. The highest BCUT2D eigenvalue weighted by molar-refractivity contribution is 5.95. The molecular formula is C24H18FN7O. The third-order valence-electron chi connectivity index (χ3n) is 5.13. The van der Waals surface area contributed by atoms with Crippen molar-refractivity contribution in [2.75, 3.05) is 5.32 Å². The van der Waals surface area contributed by atoms with Crippen molar-refractivity contribution >= 4 is 22.8 Å². The SMILES string of the molecule is Cc1cc(-c2c(F)cnc3c2ccn3CC(=O)Nc2ccc(-c3cnccn3)cn2)ccn1. The van der Waals surface area contributed by atoms with Crippen LogP contribution in [0.3, 0.4) is 0 Å². The molecule has 0 aromatic carbocycles. The Balaban J connectivity index is 1.36. The van der Waals surface area contributed by atoms with Gasteiger partial charge in [0.2, 0.25) is 5.91 Å². The van der Waals surface area contributed by atoms with Gasteiger partial charge >= 0.3 is 0 Å². The molecule has 0 fully saturated rings. The Labute approximate surface area is 188 Å². The minimum Gasteiger partial charge on any atom is -0.323 e. The summed E-state index contributed by atoms with van der Waals surface area (Å²) in [6.45, 7) is 1.85. The first kappa shape index (κ1) is 20.4. The summed E-state index contributed by atoms with van der Waals surface area (Å²) < 4.78 is 16.3. The van der Waals surface area contributed by atoms with Crippen LogP contribution in [0.1, 0.15) is 5.69 Å². The normalized spacial score (nSPS) is 11.0. The molecule has 0 aliphatic carbocycles. The number of aryl methyl sites for hydroxylation is 1. The van der Waals surface area contributed by atoms with Gasteiger partial charge in [0.1, 0.15) is 23.8 Å². The molecule has 0 atom stereocenters. The topological polar surface area (TPSA) is 98.5 Å². The quantitative estimate of drug-likeness (QED) is 0.444. The Morgan fingerprint density at radius 1 is 0.970 bits per heavy atom. The molecule has 0 radical (unpaired) electrons. The van der Waals surface area contributed by atoms with Crippen LogP contribution < -0.4 is 5.32 Å². The second kappa shape index (κ2) is 8.54. The molecule has 1 amide bonds. The molecule has 1 N–H and O–H groups in total. The Bertz CT molecular complexity index is 1450. The van der Waals surface area contributed by atoms with E-state index in [9.17, 15) is 9.18 Å². The van der Waals surface area contributed by atoms with Crippen LogP contribution in [-0.4, -0.2) is 35.4 Å². The number of nitrogens with one attached hydrogen (secondary N) is 1. The van der Waals surface area contributed by atoms with Crippen molar-refractivity contribution in [3.8, 4) is 22.4 Å². The van der Waals surface area contributed by atoms with E-state index in [0.717, 1.165) is 11.3 Å². The molecule has 5 aromatic heterocycles. The standard InChI is InChI=1S/C24H18FN7O/c1-15-10-16(4-6-27-15)23-18-5-9-32(24(18)30-12-19(23)25)14-22(33)31-21-3-2-17(11-29-21)20-13-26-7-8-28-20/h2-13H,14H2,1H3,(H,29,31,33). The Morgan fingerprint density at radius 2 is 1.88 bits per heavy atom. The van der Waals surface area contributed by atoms with Crippen LogP contribution in [0.4, 0.5) is 10.2 Å². The molecule has 0 bridgehead atoms. The molecule has 0 aliphatic rings. The van der Waals surface area contributed by atoms with Gasteiger partial charge in [0.25, 0.3) is 0 Å². The molecule has 0 unspecified atom stereocenters. The minimum absolute atomic E-state index is 0.00450. The molecular weight excluding hydrogens is 421 g/mol. The number of carbonyl (C=O) groups excluding carboxylic acids is 1. The first-order valence-electron chi connectivity index (χ1n) is 10.2. The highest BCUT2D eigenvalue weighted by Gasteiger charge is 2.16. The average molecular weight is 439 g/mol. The van der Waals surface area contributed by atoms with E-state index in [1.54, 1.807) is 59.9 Å². The van der Waals surface area contributed by atoms with Gasteiger partial charge in [0.05, 0.1) is 18.1 Å². The minimum atomic E-state index is -0.428. The lowest BCUT2D eigenvalue weighted by Crippen LogP contribution is -2.19. The Hall–Kier alpha value is -4.53. The van der Waals surface area contributed by atoms with Gasteiger partial charge in [-0.2, -0.15) is 0 Å². The predicted molar refractivity (Wildman–Crippen MR) is 122 cm³/mol. The van der Waals surface area contributed by atoms with Crippen molar-refractivity contribution < 1.29 is 9.18 Å². The number of carbonyl (C=O) groups is 1. The number of aromatic nitrogens is 6. The van der Waals surface area contributed by atoms with Crippen LogP contribution in [0.2, 0.25) is 0 Å². The summed E-state index contributed by atoms with van der Waals surface area (Å²) in [5.74, 6) is -0.293. The van der Waals surface area contributed by atoms with Crippen LogP contribution >= 0.6 is 0 Å². The summed E-state index contributed by atoms with van der Waals surface area (Å²) in [5, 5.41) is 3.40. The van der Waals surface area contributed by atoms with Crippen molar-refractivity contribution in [1.82, 2.24) is 29.5 Å². The number of halogens is 1. The van der Waals surface area contributed by atoms with Gasteiger partial charge in [-0.05, 0) is 42.8 Å². The molecule has 33 heavy (non-hydrogen) atoms. The molecule has 162 valence electrons. The van der Waals surface area contributed by atoms with Gasteiger partial charge in [-0.3, -0.25) is 19.7 Å². The van der Waals surface area contributed by atoms with Crippen LogP contribution in [-0.2, 0) is 11.3 Å². The maximum atomic E-state index is 14.7. The Morgan fingerprint density at radius 3 is 2.64 bits per heavy atom. The lowest BCUT2D eigenvalue weighted by Gasteiger charge is -2.09. The molecule has 9 heteroatoms. The predicted octanol–water partition coefficient (Wildman–Crippen LogP) is 4.04. The van der Waals surface area contributed by atoms with E-state index >= 15 is 0 Å². The summed E-state index contributed by atoms with van der Waals surface area (Å²) >= 11 is 0. The maximum absolute atomic E-state index is 14.7. The van der Waals surface area contributed by atoms with Crippen LogP contribution in [0.25, 0.3) is 33.4 Å². The van der Waals surface area contributed by atoms with E-state index in [0.29, 0.717) is 33.7 Å². The molecule has 0 saturated heterocycles. The summed E-state index contributed by atoms with van der Waals surface area (Å²) in [6, 6.07) is 8.85. The molecule has 8 nitrogen and oxygen atoms in total. The lowest BCUT2D eigenvalue weighted by molar-refractivity contribution is -0.116. The fraction of sp³-hybridized carbons (Fsp3) is 0.0833. The van der Waals surface area contributed by atoms with Crippen LogP contribution in [0, 0.1) is 12.7 Å². The first-order chi connectivity index (χ1) is 16.1. The first-order valence-corrected chi connectivity index (χ1v) is 10.2. The fourth-order valence-corrected chi connectivity index (χ4v) is 3.64. The molecule has 0 spiro atoms. The molecule has 5 aromatic rings. The zero-order chi connectivity index (χ0) is 22.8. The smallest absolute Gasteiger partial charge is 0.245 e. The van der Waals surface area contributed by atoms with Gasteiger partial charge in [-0.1, -0.05) is 0 Å². The number of hydrogen-bond acceptors (Lipinski definition) is 6. The van der Waals surface area contributed by atoms with E-state index in [1.807, 2.05) is 19.1 Å². The highest BCUT2D eigenvalue weighted by atomic mass is 19.1.